The molecule has 4 rings (SSSR count). The lowest BCUT2D eigenvalue weighted by molar-refractivity contribution is -0.904. The second-order valence-corrected chi connectivity index (χ2v) is 15.7. The Balaban J connectivity index is 0.00000433. The molecule has 12 heteroatoms. The van der Waals surface area contributed by atoms with E-state index >= 15 is 0 Å². The molecule has 0 bridgehead atoms. The molecule has 0 fully saturated rings. The minimum absolute atomic E-state index is 0. The normalized spacial score (nSPS) is 11.7. The highest BCUT2D eigenvalue weighted by Crippen LogP contribution is 2.14. The van der Waals surface area contributed by atoms with Gasteiger partial charge in [0.1, 0.15) is 19.6 Å². The molecule has 3 aromatic carbocycles. The van der Waals surface area contributed by atoms with Crippen molar-refractivity contribution in [2.75, 3.05) is 61.9 Å². The summed E-state index contributed by atoms with van der Waals surface area (Å²) in [4.78, 5) is 41.9. The van der Waals surface area contributed by atoms with Crippen LogP contribution >= 0.6 is 0 Å². The van der Waals surface area contributed by atoms with E-state index in [9.17, 15) is 14.4 Å². The number of quaternary nitrogens is 3. The zero-order valence-corrected chi connectivity index (χ0v) is 36.6. The maximum atomic E-state index is 14.0. The first-order chi connectivity index (χ1) is 22.4. The van der Waals surface area contributed by atoms with E-state index in [4.69, 9.17) is 0 Å². The van der Waals surface area contributed by atoms with Gasteiger partial charge in [-0.25, -0.2) is 28.1 Å². The summed E-state index contributed by atoms with van der Waals surface area (Å²) in [5.41, 5.74) is 5.64. The summed E-state index contributed by atoms with van der Waals surface area (Å²) in [6.07, 6.45) is 0. The predicted octanol–water partition coefficient (Wildman–Crippen LogP) is -5.06. The highest BCUT2D eigenvalue weighted by Gasteiger charge is 2.25. The topological polar surface area (TPSA) is 66.0 Å². The van der Waals surface area contributed by atoms with E-state index in [2.05, 4.69) is 136 Å². The SMILES string of the molecule is Cc1cccc(C[N+](C)(C)CCn2c(=O)n(CC[N+](C)(C)Cc3cccc(C)c3)c(=O)n(CC[N+](C)(C)Cc3cccc(C)c3)c2=O)c1.[Br-].[Br-].[Br-]. The molecule has 282 valence electrons. The molecule has 0 spiro atoms. The molecule has 0 aliphatic rings. The van der Waals surface area contributed by atoms with Crippen LogP contribution in [-0.4, -0.2) is 89.1 Å². The molecule has 51 heavy (non-hydrogen) atoms. The summed E-state index contributed by atoms with van der Waals surface area (Å²) < 4.78 is 5.65. The third-order valence-corrected chi connectivity index (χ3v) is 9.25. The number of hydrogen-bond donors (Lipinski definition) is 0. The van der Waals surface area contributed by atoms with Crippen LogP contribution in [0.3, 0.4) is 0 Å². The summed E-state index contributed by atoms with van der Waals surface area (Å²) >= 11 is 0. The van der Waals surface area contributed by atoms with Crippen molar-refractivity contribution in [2.45, 2.75) is 60.0 Å². The number of hydrogen-bond acceptors (Lipinski definition) is 3. The van der Waals surface area contributed by atoms with Crippen molar-refractivity contribution < 1.29 is 64.4 Å². The van der Waals surface area contributed by atoms with Crippen LogP contribution in [0.25, 0.3) is 0 Å². The van der Waals surface area contributed by atoms with Crippen molar-refractivity contribution in [3.63, 3.8) is 0 Å². The number of benzene rings is 3. The van der Waals surface area contributed by atoms with Crippen molar-refractivity contribution in [3.8, 4) is 0 Å². The fourth-order valence-corrected chi connectivity index (χ4v) is 6.52. The molecular weight excluding hydrogens is 840 g/mol. The average Bonchev–Trinajstić information content (AvgIpc) is 2.96. The highest BCUT2D eigenvalue weighted by atomic mass is 79.9. The lowest BCUT2D eigenvalue weighted by Crippen LogP contribution is -3.00. The van der Waals surface area contributed by atoms with E-state index in [0.29, 0.717) is 33.1 Å². The lowest BCUT2D eigenvalue weighted by atomic mass is 10.1. The summed E-state index contributed by atoms with van der Waals surface area (Å²) in [7, 11) is 12.7. The third kappa shape index (κ3) is 13.7. The number of aryl methyl sites for hydroxylation is 3. The zero-order valence-electron chi connectivity index (χ0n) is 31.8. The molecular formula is C39H57Br3N6O3. The van der Waals surface area contributed by atoms with Gasteiger partial charge >= 0.3 is 17.1 Å². The Morgan fingerprint density at radius 2 is 0.667 bits per heavy atom. The van der Waals surface area contributed by atoms with E-state index in [-0.39, 0.29) is 70.6 Å². The van der Waals surface area contributed by atoms with Gasteiger partial charge in [0.25, 0.3) is 0 Å². The van der Waals surface area contributed by atoms with Gasteiger partial charge in [0.05, 0.1) is 81.6 Å². The van der Waals surface area contributed by atoms with Crippen molar-refractivity contribution in [1.29, 1.82) is 0 Å². The Morgan fingerprint density at radius 3 is 0.882 bits per heavy atom. The standard InChI is InChI=1S/C39H57N6O3.3BrH/c1-31-13-10-16-34(25-31)28-43(4,5)22-19-40-37(46)41(20-23-44(6,7)29-35-17-11-14-32(2)26-35)39(48)42(38(40)47)21-24-45(8,9)30-36-18-12-15-33(3)27-36;;;/h10-18,25-27H,19-24,28-30H2,1-9H3;3*1H/q+3;;;/p-3. The number of nitrogens with zero attached hydrogens (tertiary/aromatic N) is 6. The molecule has 1 aromatic heterocycles. The van der Waals surface area contributed by atoms with Crippen LogP contribution in [0.5, 0.6) is 0 Å². The first-order valence-corrected chi connectivity index (χ1v) is 17.0. The van der Waals surface area contributed by atoms with Crippen LogP contribution in [0.2, 0.25) is 0 Å². The largest absolute Gasteiger partial charge is 1.00 e. The monoisotopic (exact) mass is 894 g/mol. The Labute approximate surface area is 335 Å². The molecule has 0 atom stereocenters. The van der Waals surface area contributed by atoms with Gasteiger partial charge in [-0.05, 0) is 20.8 Å². The number of aromatic nitrogens is 3. The van der Waals surface area contributed by atoms with Gasteiger partial charge in [0.15, 0.2) is 0 Å². The molecule has 0 saturated heterocycles. The van der Waals surface area contributed by atoms with Gasteiger partial charge in [-0.3, -0.25) is 0 Å². The molecule has 0 aliphatic carbocycles. The van der Waals surface area contributed by atoms with Crippen molar-refractivity contribution in [3.05, 3.63) is 138 Å². The second kappa shape index (κ2) is 19.5. The first-order valence-electron chi connectivity index (χ1n) is 17.0. The van der Waals surface area contributed by atoms with Crippen molar-refractivity contribution in [2.24, 2.45) is 0 Å². The van der Waals surface area contributed by atoms with E-state index in [1.54, 1.807) is 0 Å². The van der Waals surface area contributed by atoms with Gasteiger partial charge in [0.2, 0.25) is 0 Å². The quantitative estimate of drug-likeness (QED) is 0.113. The molecule has 4 aromatic rings. The van der Waals surface area contributed by atoms with Crippen LogP contribution in [0, 0.1) is 20.8 Å². The second-order valence-electron chi connectivity index (χ2n) is 15.7. The number of likely N-dealkylation sites (N-methyl/N-ethyl adjacent to an activating group) is 3. The van der Waals surface area contributed by atoms with Crippen LogP contribution < -0.4 is 68.0 Å². The minimum atomic E-state index is -0.527. The third-order valence-electron chi connectivity index (χ3n) is 9.25. The molecule has 9 nitrogen and oxygen atoms in total. The number of halogens is 3. The molecule has 0 amide bonds. The highest BCUT2D eigenvalue weighted by molar-refractivity contribution is 5.23. The summed E-state index contributed by atoms with van der Waals surface area (Å²) in [5, 5.41) is 0. The summed E-state index contributed by atoms with van der Waals surface area (Å²) in [5.74, 6) is 0. The van der Waals surface area contributed by atoms with Gasteiger partial charge < -0.3 is 64.4 Å². The van der Waals surface area contributed by atoms with Crippen LogP contribution in [0.1, 0.15) is 33.4 Å². The summed E-state index contributed by atoms with van der Waals surface area (Å²) in [6, 6.07) is 25.3. The first kappa shape index (κ1) is 46.4. The Bertz CT molecular complexity index is 1670. The predicted molar refractivity (Wildman–Crippen MR) is 195 cm³/mol. The maximum Gasteiger partial charge on any atom is 0.336 e. The van der Waals surface area contributed by atoms with E-state index in [1.807, 2.05) is 0 Å². The maximum absolute atomic E-state index is 14.0. The molecule has 1 heterocycles. The van der Waals surface area contributed by atoms with Crippen LogP contribution in [-0.2, 0) is 39.3 Å². The van der Waals surface area contributed by atoms with Crippen molar-refractivity contribution >= 4 is 0 Å². The number of rotatable bonds is 15. The Kier molecular flexibility index (Phi) is 17.7. The average molecular weight is 898 g/mol. The Morgan fingerprint density at radius 1 is 0.431 bits per heavy atom. The molecule has 0 N–H and O–H groups in total. The van der Waals surface area contributed by atoms with Gasteiger partial charge in [-0.1, -0.05) is 89.5 Å². The van der Waals surface area contributed by atoms with Crippen molar-refractivity contribution in [1.82, 2.24) is 13.7 Å². The van der Waals surface area contributed by atoms with Crippen LogP contribution in [0.4, 0.5) is 0 Å². The smallest absolute Gasteiger partial charge is 0.336 e. The lowest BCUT2D eigenvalue weighted by Gasteiger charge is -2.31. The summed E-state index contributed by atoms with van der Waals surface area (Å²) in [6.45, 7) is 10.9. The Hall–Kier alpha value is -2.61. The molecule has 0 aliphatic heterocycles. The minimum Gasteiger partial charge on any atom is -1.00 e. The molecule has 0 radical (unpaired) electrons. The molecule has 0 saturated carbocycles. The van der Waals surface area contributed by atoms with Gasteiger partial charge in [-0.15, -0.1) is 0 Å². The molecule has 0 unspecified atom stereocenters. The van der Waals surface area contributed by atoms with E-state index in [1.165, 1.54) is 47.1 Å². The fourth-order valence-electron chi connectivity index (χ4n) is 6.52. The van der Waals surface area contributed by atoms with Gasteiger partial charge in [0, 0.05) is 16.7 Å². The zero-order chi connectivity index (χ0) is 35.3. The van der Waals surface area contributed by atoms with E-state index < -0.39 is 17.1 Å². The van der Waals surface area contributed by atoms with Gasteiger partial charge in [-0.2, -0.15) is 0 Å². The fraction of sp³-hybridized carbons (Fsp3) is 0.462. The van der Waals surface area contributed by atoms with E-state index in [0.717, 1.165) is 19.6 Å². The van der Waals surface area contributed by atoms with Crippen LogP contribution in [0.15, 0.2) is 87.2 Å².